The molecular formula is C23H30Cl2CrPSi-. The zero-order valence-corrected chi connectivity index (χ0v) is 22.2. The maximum atomic E-state index is 3.91. The number of benzene rings is 2. The van der Waals surface area contributed by atoms with E-state index in [9.17, 15) is 0 Å². The SMILES string of the molecule is CC1=C(C)C(C)(C)[C-]=C1[Si](C)(C)P(c1ccccc1)c1ccccc1.Cl.Cl.[Cr]. The van der Waals surface area contributed by atoms with Crippen molar-refractivity contribution in [2.45, 2.75) is 40.8 Å². The first-order valence-corrected chi connectivity index (χ1v) is 14.2. The number of rotatable bonds is 4. The van der Waals surface area contributed by atoms with E-state index in [4.69, 9.17) is 0 Å². The maximum Gasteiger partial charge on any atom is 0.0808 e. The van der Waals surface area contributed by atoms with Crippen molar-refractivity contribution in [2.75, 3.05) is 0 Å². The molecule has 28 heavy (non-hydrogen) atoms. The Hall–Kier alpha value is -0.321. The van der Waals surface area contributed by atoms with Gasteiger partial charge in [0.1, 0.15) is 0 Å². The smallest absolute Gasteiger partial charge is 0.0808 e. The predicted molar refractivity (Wildman–Crippen MR) is 130 cm³/mol. The predicted octanol–water partition coefficient (Wildman–Crippen LogP) is 6.81. The van der Waals surface area contributed by atoms with Gasteiger partial charge in [-0.05, 0) is 10.6 Å². The van der Waals surface area contributed by atoms with Gasteiger partial charge >= 0.3 is 0 Å². The van der Waals surface area contributed by atoms with Gasteiger partial charge < -0.3 is 0 Å². The van der Waals surface area contributed by atoms with Crippen molar-refractivity contribution in [3.63, 3.8) is 0 Å². The van der Waals surface area contributed by atoms with Gasteiger partial charge in [-0.3, -0.25) is 6.08 Å². The largest absolute Gasteiger partial charge is 0.267 e. The first kappa shape index (κ1) is 27.7. The molecule has 0 heterocycles. The minimum atomic E-state index is -1.76. The van der Waals surface area contributed by atoms with E-state index in [0.717, 1.165) is 0 Å². The molecule has 5 heteroatoms. The second-order valence-electron chi connectivity index (χ2n) is 7.94. The summed E-state index contributed by atoms with van der Waals surface area (Å²) in [6, 6.07) is 22.3. The van der Waals surface area contributed by atoms with Crippen LogP contribution in [-0.2, 0) is 17.4 Å². The van der Waals surface area contributed by atoms with Crippen LogP contribution in [0.15, 0.2) is 77.0 Å². The molecule has 0 saturated carbocycles. The molecule has 0 saturated heterocycles. The zero-order chi connectivity index (χ0) is 18.2. The van der Waals surface area contributed by atoms with Crippen LogP contribution < -0.4 is 10.6 Å². The summed E-state index contributed by atoms with van der Waals surface area (Å²) >= 11 is 0. The van der Waals surface area contributed by atoms with Crippen LogP contribution in [0.1, 0.15) is 27.7 Å². The Morgan fingerprint density at radius 3 is 1.50 bits per heavy atom. The summed E-state index contributed by atoms with van der Waals surface area (Å²) in [5, 5.41) is 4.52. The molecule has 0 amide bonds. The average Bonchev–Trinajstić information content (AvgIpc) is 2.80. The maximum absolute atomic E-state index is 3.91. The molecule has 0 bridgehead atoms. The fourth-order valence-electron chi connectivity index (χ4n) is 3.83. The van der Waals surface area contributed by atoms with Gasteiger partial charge in [-0.1, -0.05) is 107 Å². The van der Waals surface area contributed by atoms with Crippen LogP contribution in [-0.4, -0.2) is 7.74 Å². The second-order valence-corrected chi connectivity index (χ2v) is 18.0. The Labute approximate surface area is 196 Å². The van der Waals surface area contributed by atoms with Crippen LogP contribution in [0.3, 0.4) is 0 Å². The standard InChI is InChI=1S/C23H28PSi.2ClH.Cr/c1-18-19(2)23(3,4)17-22(18)25(5,6)24(20-13-9-7-10-14-20)21-15-11-8-12-16-21;;;/h7-16H,1-6H3;2*1H;/q-1;;;. The first-order valence-electron chi connectivity index (χ1n) is 8.99. The molecule has 0 aliphatic heterocycles. The third kappa shape index (κ3) is 5.23. The number of hydrogen-bond donors (Lipinski definition) is 0. The minimum absolute atomic E-state index is 0. The molecule has 3 rings (SSSR count). The van der Waals surface area contributed by atoms with Crippen LogP contribution in [0.2, 0.25) is 13.1 Å². The van der Waals surface area contributed by atoms with Gasteiger partial charge in [-0.15, -0.1) is 31.7 Å². The van der Waals surface area contributed by atoms with E-state index in [1.165, 1.54) is 27.0 Å². The molecule has 0 atom stereocenters. The average molecular weight is 488 g/mol. The van der Waals surface area contributed by atoms with Crippen molar-refractivity contribution in [2.24, 2.45) is 5.41 Å². The van der Waals surface area contributed by atoms with Gasteiger partial charge in [0.25, 0.3) is 0 Å². The Kier molecular flexibility index (Phi) is 10.5. The summed E-state index contributed by atoms with van der Waals surface area (Å²) < 4.78 is 0. The van der Waals surface area contributed by atoms with Crippen molar-refractivity contribution in [1.29, 1.82) is 0 Å². The number of halogens is 2. The molecule has 2 aromatic carbocycles. The van der Waals surface area contributed by atoms with Crippen molar-refractivity contribution in [3.05, 3.63) is 83.1 Å². The van der Waals surface area contributed by atoms with E-state index in [0.29, 0.717) is 0 Å². The van der Waals surface area contributed by atoms with E-state index in [1.54, 1.807) is 0 Å². The molecule has 1 aliphatic carbocycles. The Bertz CT molecular complexity index is 791. The van der Waals surface area contributed by atoms with Gasteiger partial charge in [0.05, 0.1) is 7.74 Å². The van der Waals surface area contributed by atoms with Gasteiger partial charge in [0.2, 0.25) is 0 Å². The molecule has 0 radical (unpaired) electrons. The van der Waals surface area contributed by atoms with Gasteiger partial charge in [-0.2, -0.15) is 5.57 Å². The molecule has 0 aromatic heterocycles. The van der Waals surface area contributed by atoms with Gasteiger partial charge in [-0.25, -0.2) is 10.8 Å². The summed E-state index contributed by atoms with van der Waals surface area (Å²) in [5.74, 6) is 0. The van der Waals surface area contributed by atoms with E-state index in [1.807, 2.05) is 0 Å². The zero-order valence-electron chi connectivity index (χ0n) is 17.4. The summed E-state index contributed by atoms with van der Waals surface area (Å²) in [6.07, 6.45) is 3.91. The number of allylic oxidation sites excluding steroid dienone is 4. The first-order chi connectivity index (χ1) is 11.7. The summed E-state index contributed by atoms with van der Waals surface area (Å²) in [5.41, 5.74) is 3.04. The fraction of sp³-hybridized carbons (Fsp3) is 0.304. The van der Waals surface area contributed by atoms with Gasteiger partial charge in [0, 0.05) is 17.4 Å². The molecule has 0 unspecified atom stereocenters. The van der Waals surface area contributed by atoms with E-state index in [-0.39, 0.29) is 55.1 Å². The molecule has 152 valence electrons. The van der Waals surface area contributed by atoms with Crippen molar-refractivity contribution >= 4 is 50.6 Å². The summed E-state index contributed by atoms with van der Waals surface area (Å²) in [6.45, 7) is 14.3. The molecule has 0 nitrogen and oxygen atoms in total. The fourth-order valence-corrected chi connectivity index (χ4v) is 14.4. The number of hydrogen-bond acceptors (Lipinski definition) is 0. The Morgan fingerprint density at radius 1 is 0.786 bits per heavy atom. The topological polar surface area (TPSA) is 0 Å². The normalized spacial score (nSPS) is 15.3. The Morgan fingerprint density at radius 2 is 1.18 bits per heavy atom. The molecule has 0 fully saturated rings. The summed E-state index contributed by atoms with van der Waals surface area (Å²) in [7, 11) is -2.15. The molecular weight excluding hydrogens is 458 g/mol. The van der Waals surface area contributed by atoms with Crippen LogP contribution in [0, 0.1) is 11.5 Å². The molecule has 0 spiro atoms. The summed E-state index contributed by atoms with van der Waals surface area (Å²) in [4.78, 5) is 0. The van der Waals surface area contributed by atoms with Gasteiger partial charge in [0.15, 0.2) is 0 Å². The van der Waals surface area contributed by atoms with Crippen LogP contribution in [0.4, 0.5) is 0 Å². The third-order valence-electron chi connectivity index (χ3n) is 5.51. The van der Waals surface area contributed by atoms with Crippen molar-refractivity contribution in [1.82, 2.24) is 0 Å². The molecule has 0 N–H and O–H groups in total. The van der Waals surface area contributed by atoms with Crippen LogP contribution in [0.5, 0.6) is 0 Å². The van der Waals surface area contributed by atoms with Crippen LogP contribution >= 0.6 is 32.3 Å². The monoisotopic (exact) mass is 487 g/mol. The third-order valence-corrected chi connectivity index (χ3v) is 15.6. The van der Waals surface area contributed by atoms with Crippen molar-refractivity contribution < 1.29 is 17.4 Å². The Balaban J connectivity index is 0.00000243. The van der Waals surface area contributed by atoms with Crippen molar-refractivity contribution in [3.8, 4) is 0 Å². The van der Waals surface area contributed by atoms with E-state index >= 15 is 0 Å². The van der Waals surface area contributed by atoms with Crippen LogP contribution in [0.25, 0.3) is 0 Å². The second kappa shape index (κ2) is 10.6. The van der Waals surface area contributed by atoms with E-state index < -0.39 is 7.74 Å². The molecule has 1 aliphatic rings. The molecule has 2 aromatic rings. The quantitative estimate of drug-likeness (QED) is 0.252. The van der Waals surface area contributed by atoms with E-state index in [2.05, 4.69) is 108 Å². The minimum Gasteiger partial charge on any atom is -0.267 e.